The largest absolute Gasteiger partial charge is 0.497 e. The molecule has 5 heteroatoms. The summed E-state index contributed by atoms with van der Waals surface area (Å²) in [5, 5.41) is 10.4. The van der Waals surface area contributed by atoms with E-state index in [4.69, 9.17) is 4.74 Å². The Balaban J connectivity index is 2.68. The van der Waals surface area contributed by atoms with Crippen LogP contribution in [0.1, 0.15) is 12.0 Å². The predicted octanol–water partition coefficient (Wildman–Crippen LogP) is 2.19. The van der Waals surface area contributed by atoms with Crippen LogP contribution in [0.3, 0.4) is 0 Å². The minimum atomic E-state index is -0.410. The summed E-state index contributed by atoms with van der Waals surface area (Å²) in [6, 6.07) is 7.31. The van der Waals surface area contributed by atoms with Crippen LogP contribution in [0.25, 0.3) is 6.08 Å². The Labute approximate surface area is 105 Å². The second-order valence-electron chi connectivity index (χ2n) is 3.81. The number of nitrogens with zero attached hydrogens (tertiary/aromatic N) is 1. The van der Waals surface area contributed by atoms with Crippen molar-refractivity contribution >= 4 is 12.4 Å². The van der Waals surface area contributed by atoms with Crippen molar-refractivity contribution in [3.8, 4) is 5.75 Å². The lowest BCUT2D eigenvalue weighted by atomic mass is 10.0. The van der Waals surface area contributed by atoms with E-state index in [2.05, 4.69) is 0 Å². The molecule has 18 heavy (non-hydrogen) atoms. The Hall–Kier alpha value is -2.17. The molecule has 0 heterocycles. The number of benzene rings is 1. The van der Waals surface area contributed by atoms with Crippen LogP contribution in [0.15, 0.2) is 30.3 Å². The number of aldehydes is 1. The highest BCUT2D eigenvalue weighted by Crippen LogP contribution is 2.14. The highest BCUT2D eigenvalue weighted by atomic mass is 16.6. The average Bonchev–Trinajstić information content (AvgIpc) is 2.36. The molecule has 0 spiro atoms. The average molecular weight is 249 g/mol. The molecule has 0 fully saturated rings. The normalized spacial score (nSPS) is 12.3. The molecule has 0 aliphatic rings. The van der Waals surface area contributed by atoms with Crippen molar-refractivity contribution in [2.45, 2.75) is 6.42 Å². The molecule has 0 aliphatic heterocycles. The van der Waals surface area contributed by atoms with E-state index in [9.17, 15) is 14.9 Å². The van der Waals surface area contributed by atoms with Crippen LogP contribution in [0.5, 0.6) is 5.75 Å². The summed E-state index contributed by atoms with van der Waals surface area (Å²) in [5.41, 5.74) is 0.912. The number of hydrogen-bond donors (Lipinski definition) is 0. The molecule has 0 bridgehead atoms. The summed E-state index contributed by atoms with van der Waals surface area (Å²) in [7, 11) is 1.59. The molecule has 1 aromatic carbocycles. The highest BCUT2D eigenvalue weighted by molar-refractivity contribution is 5.54. The van der Waals surface area contributed by atoms with Gasteiger partial charge >= 0.3 is 0 Å². The Morgan fingerprint density at radius 3 is 2.56 bits per heavy atom. The number of carbonyl (C=O) groups excluding carboxylic acids is 1. The molecule has 0 aromatic heterocycles. The highest BCUT2D eigenvalue weighted by Gasteiger charge is 2.10. The molecule has 0 amide bonds. The molecule has 0 N–H and O–H groups in total. The zero-order valence-corrected chi connectivity index (χ0v) is 10.1. The topological polar surface area (TPSA) is 69.4 Å². The smallest absolute Gasteiger partial charge is 0.210 e. The summed E-state index contributed by atoms with van der Waals surface area (Å²) in [4.78, 5) is 20.4. The van der Waals surface area contributed by atoms with Gasteiger partial charge in [-0.15, -0.1) is 0 Å². The fourth-order valence-corrected chi connectivity index (χ4v) is 1.49. The van der Waals surface area contributed by atoms with Crippen LogP contribution in [0.4, 0.5) is 0 Å². The monoisotopic (exact) mass is 249 g/mol. The van der Waals surface area contributed by atoms with Crippen molar-refractivity contribution in [3.63, 3.8) is 0 Å². The zero-order chi connectivity index (χ0) is 13.4. The second kappa shape index (κ2) is 7.21. The second-order valence-corrected chi connectivity index (χ2v) is 3.81. The third kappa shape index (κ3) is 4.78. The maximum Gasteiger partial charge on any atom is 0.210 e. The first kappa shape index (κ1) is 13.9. The quantitative estimate of drug-likeness (QED) is 0.422. The molecular weight excluding hydrogens is 234 g/mol. The van der Waals surface area contributed by atoms with Gasteiger partial charge in [0.15, 0.2) is 0 Å². The Morgan fingerprint density at radius 1 is 1.39 bits per heavy atom. The molecule has 1 rings (SSSR count). The summed E-state index contributed by atoms with van der Waals surface area (Å²) >= 11 is 0. The van der Waals surface area contributed by atoms with Gasteiger partial charge in [-0.25, -0.2) is 0 Å². The number of ether oxygens (including phenoxy) is 1. The minimum absolute atomic E-state index is 0.160. The van der Waals surface area contributed by atoms with Crippen molar-refractivity contribution in [1.29, 1.82) is 0 Å². The van der Waals surface area contributed by atoms with E-state index in [-0.39, 0.29) is 18.9 Å². The van der Waals surface area contributed by atoms with E-state index in [0.717, 1.165) is 11.3 Å². The van der Waals surface area contributed by atoms with Gasteiger partial charge in [-0.05, 0) is 17.7 Å². The van der Waals surface area contributed by atoms with Crippen LogP contribution in [-0.2, 0) is 4.79 Å². The maximum atomic E-state index is 10.4. The van der Waals surface area contributed by atoms with E-state index < -0.39 is 4.92 Å². The van der Waals surface area contributed by atoms with Gasteiger partial charge in [-0.3, -0.25) is 10.1 Å². The van der Waals surface area contributed by atoms with E-state index in [1.54, 1.807) is 19.3 Å². The van der Waals surface area contributed by atoms with Crippen molar-refractivity contribution in [2.75, 3.05) is 13.7 Å². The maximum absolute atomic E-state index is 10.4. The SMILES string of the molecule is COc1ccc(/C=C/[C@H](CC=O)C[N+](=O)[O-])cc1. The van der Waals surface area contributed by atoms with Crippen molar-refractivity contribution in [1.82, 2.24) is 0 Å². The zero-order valence-electron chi connectivity index (χ0n) is 10.1. The third-order valence-electron chi connectivity index (χ3n) is 2.46. The van der Waals surface area contributed by atoms with Crippen LogP contribution in [-0.4, -0.2) is 24.9 Å². The van der Waals surface area contributed by atoms with Gasteiger partial charge in [-0.1, -0.05) is 24.3 Å². The molecule has 0 unspecified atom stereocenters. The molecular formula is C13H15NO4. The molecule has 0 aliphatic carbocycles. The molecule has 1 atom stereocenters. The van der Waals surface area contributed by atoms with Crippen molar-refractivity contribution in [2.24, 2.45) is 5.92 Å². The lowest BCUT2D eigenvalue weighted by Gasteiger charge is -2.03. The molecule has 0 radical (unpaired) electrons. The summed E-state index contributed by atoms with van der Waals surface area (Å²) in [6.45, 7) is -0.231. The number of nitro groups is 1. The minimum Gasteiger partial charge on any atom is -0.497 e. The standard InChI is InChI=1S/C13H15NO4/c1-18-13-6-4-11(5-7-13)2-3-12(8-9-15)10-14(16)17/h2-7,9,12H,8,10H2,1H3/b3-2+/t12-/m1/s1. The van der Waals surface area contributed by atoms with Gasteiger partial charge in [0.25, 0.3) is 0 Å². The predicted molar refractivity (Wildman–Crippen MR) is 68.1 cm³/mol. The van der Waals surface area contributed by atoms with E-state index in [1.807, 2.05) is 24.3 Å². The van der Waals surface area contributed by atoms with Gasteiger partial charge in [0.2, 0.25) is 6.54 Å². The summed E-state index contributed by atoms with van der Waals surface area (Å²) in [5.74, 6) is 0.390. The van der Waals surface area contributed by atoms with Gasteiger partial charge in [-0.2, -0.15) is 0 Å². The lowest BCUT2D eigenvalue weighted by molar-refractivity contribution is -0.485. The lowest BCUT2D eigenvalue weighted by Crippen LogP contribution is -2.12. The molecule has 96 valence electrons. The first-order valence-corrected chi connectivity index (χ1v) is 5.53. The summed E-state index contributed by atoms with van der Waals surface area (Å²) in [6.07, 6.45) is 4.33. The van der Waals surface area contributed by atoms with Gasteiger partial charge in [0.1, 0.15) is 12.0 Å². The molecule has 1 aromatic rings. The first-order chi connectivity index (χ1) is 8.65. The van der Waals surface area contributed by atoms with Crippen LogP contribution >= 0.6 is 0 Å². The van der Waals surface area contributed by atoms with Crippen LogP contribution < -0.4 is 4.74 Å². The van der Waals surface area contributed by atoms with E-state index in [0.29, 0.717) is 6.29 Å². The fraction of sp³-hybridized carbons (Fsp3) is 0.308. The van der Waals surface area contributed by atoms with Crippen LogP contribution in [0.2, 0.25) is 0 Å². The van der Waals surface area contributed by atoms with E-state index >= 15 is 0 Å². The van der Waals surface area contributed by atoms with Gasteiger partial charge in [0, 0.05) is 17.3 Å². The molecule has 0 saturated carbocycles. The molecule has 5 nitrogen and oxygen atoms in total. The Kier molecular flexibility index (Phi) is 5.57. The molecule has 0 saturated heterocycles. The first-order valence-electron chi connectivity index (χ1n) is 5.53. The van der Waals surface area contributed by atoms with Gasteiger partial charge in [0.05, 0.1) is 7.11 Å². The fourth-order valence-electron chi connectivity index (χ4n) is 1.49. The van der Waals surface area contributed by atoms with Crippen molar-refractivity contribution in [3.05, 3.63) is 46.0 Å². The third-order valence-corrected chi connectivity index (χ3v) is 2.46. The Bertz CT molecular complexity index is 425. The Morgan fingerprint density at radius 2 is 2.06 bits per heavy atom. The number of methoxy groups -OCH3 is 1. The number of rotatable bonds is 7. The number of carbonyl (C=O) groups is 1. The van der Waals surface area contributed by atoms with Crippen LogP contribution in [0, 0.1) is 16.0 Å². The van der Waals surface area contributed by atoms with Gasteiger partial charge < -0.3 is 9.53 Å². The van der Waals surface area contributed by atoms with Crippen molar-refractivity contribution < 1.29 is 14.5 Å². The number of hydrogen-bond acceptors (Lipinski definition) is 4. The summed E-state index contributed by atoms with van der Waals surface area (Å²) < 4.78 is 5.03. The van der Waals surface area contributed by atoms with E-state index in [1.165, 1.54) is 0 Å².